The van der Waals surface area contributed by atoms with Crippen molar-refractivity contribution in [2.24, 2.45) is 0 Å². The normalized spacial score (nSPS) is 9.57. The van der Waals surface area contributed by atoms with Crippen LogP contribution < -0.4 is 5.73 Å². The molecule has 0 saturated heterocycles. The van der Waals surface area contributed by atoms with E-state index in [1.807, 2.05) is 0 Å². The number of carbonyl (C=O) groups is 1. The van der Waals surface area contributed by atoms with Crippen LogP contribution in [-0.2, 0) is 4.79 Å². The van der Waals surface area contributed by atoms with Crippen LogP contribution in [0.3, 0.4) is 0 Å². The Morgan fingerprint density at radius 3 is 2.07 bits per heavy atom. The van der Waals surface area contributed by atoms with Crippen molar-refractivity contribution in [2.75, 3.05) is 5.73 Å². The molecule has 0 aromatic heterocycles. The number of carboxylic acid groups (broad SMARTS) is 1. The first-order chi connectivity index (χ1) is 6.52. The van der Waals surface area contributed by atoms with Crippen LogP contribution in [-0.4, -0.2) is 11.1 Å². The van der Waals surface area contributed by atoms with Crippen molar-refractivity contribution >= 4 is 40.4 Å². The van der Waals surface area contributed by atoms with Crippen LogP contribution in [0, 0.1) is 0 Å². The van der Waals surface area contributed by atoms with Crippen molar-refractivity contribution in [2.45, 2.75) is 0 Å². The fraction of sp³-hybridized carbons (Fsp3) is 0. The van der Waals surface area contributed by atoms with Crippen LogP contribution >= 0.6 is 23.2 Å². The summed E-state index contributed by atoms with van der Waals surface area (Å²) in [6.45, 7) is 0. The molecule has 0 saturated carbocycles. The van der Waals surface area contributed by atoms with Gasteiger partial charge in [0.05, 0.1) is 5.57 Å². The molecule has 0 fully saturated rings. The number of aliphatic carboxylic acids is 1. The average Bonchev–Trinajstić information content (AvgIpc) is 2.07. The number of nitrogens with two attached hydrogens (primary N) is 1. The Morgan fingerprint density at radius 2 is 1.71 bits per heavy atom. The zero-order chi connectivity index (χ0) is 10.7. The highest BCUT2D eigenvalue weighted by Gasteiger charge is 2.14. The molecule has 0 spiro atoms. The Balaban J connectivity index is 3.21. The number of hydrogen-bond acceptors (Lipinski definition) is 2. The SMILES string of the molecule is Nc1ccc(C(C(=O)O)=C(Cl)Cl)cc1. The highest BCUT2D eigenvalue weighted by Crippen LogP contribution is 2.25. The highest BCUT2D eigenvalue weighted by atomic mass is 35.5. The number of benzene rings is 1. The minimum Gasteiger partial charge on any atom is -0.478 e. The second-order valence-electron chi connectivity index (χ2n) is 2.56. The zero-order valence-electron chi connectivity index (χ0n) is 7.00. The first-order valence-electron chi connectivity index (χ1n) is 3.67. The van der Waals surface area contributed by atoms with Gasteiger partial charge in [0, 0.05) is 5.69 Å². The molecule has 0 heterocycles. The molecule has 0 aliphatic heterocycles. The van der Waals surface area contributed by atoms with E-state index >= 15 is 0 Å². The summed E-state index contributed by atoms with van der Waals surface area (Å²) in [5.74, 6) is -1.17. The molecule has 3 nitrogen and oxygen atoms in total. The van der Waals surface area contributed by atoms with Crippen molar-refractivity contribution < 1.29 is 9.90 Å². The van der Waals surface area contributed by atoms with Gasteiger partial charge in [-0.25, -0.2) is 4.79 Å². The Morgan fingerprint density at radius 1 is 1.21 bits per heavy atom. The molecule has 0 amide bonds. The van der Waals surface area contributed by atoms with E-state index in [1.54, 1.807) is 24.3 Å². The lowest BCUT2D eigenvalue weighted by Gasteiger charge is -2.02. The Hall–Kier alpha value is -1.19. The predicted octanol–water partition coefficient (Wildman–Crippen LogP) is 2.50. The van der Waals surface area contributed by atoms with Crippen LogP contribution in [0.1, 0.15) is 5.56 Å². The van der Waals surface area contributed by atoms with Gasteiger partial charge in [-0.15, -0.1) is 0 Å². The number of nitrogen functional groups attached to an aromatic ring is 1. The molecule has 5 heteroatoms. The standard InChI is InChI=1S/C9H7Cl2NO2/c10-8(11)7(9(13)14)5-1-3-6(12)4-2-5/h1-4H,12H2,(H,13,14). The molecule has 74 valence electrons. The van der Waals surface area contributed by atoms with Crippen LogP contribution in [0.25, 0.3) is 5.57 Å². The van der Waals surface area contributed by atoms with E-state index in [-0.39, 0.29) is 10.1 Å². The Bertz CT molecular complexity index is 380. The molecule has 0 atom stereocenters. The third-order valence-corrected chi connectivity index (χ3v) is 1.98. The van der Waals surface area contributed by atoms with Crippen molar-refractivity contribution in [3.05, 3.63) is 34.3 Å². The minimum atomic E-state index is -1.17. The van der Waals surface area contributed by atoms with Crippen LogP contribution in [0.2, 0.25) is 0 Å². The molecular formula is C9H7Cl2NO2. The summed E-state index contributed by atoms with van der Waals surface area (Å²) in [5, 5.41) is 8.81. The molecule has 0 aliphatic carbocycles. The Labute approximate surface area is 90.7 Å². The van der Waals surface area contributed by atoms with Crippen molar-refractivity contribution in [3.8, 4) is 0 Å². The Kier molecular flexibility index (Phi) is 3.38. The van der Waals surface area contributed by atoms with Gasteiger partial charge >= 0.3 is 5.97 Å². The third-order valence-electron chi connectivity index (χ3n) is 1.60. The highest BCUT2D eigenvalue weighted by molar-refractivity contribution is 6.61. The molecule has 14 heavy (non-hydrogen) atoms. The molecule has 1 aromatic rings. The van der Waals surface area contributed by atoms with Gasteiger partial charge in [0.15, 0.2) is 0 Å². The second-order valence-corrected chi connectivity index (χ2v) is 3.51. The van der Waals surface area contributed by atoms with E-state index < -0.39 is 5.97 Å². The van der Waals surface area contributed by atoms with E-state index in [9.17, 15) is 4.79 Å². The van der Waals surface area contributed by atoms with E-state index in [0.717, 1.165) is 0 Å². The maximum Gasteiger partial charge on any atom is 0.338 e. The van der Waals surface area contributed by atoms with Crippen LogP contribution in [0.5, 0.6) is 0 Å². The van der Waals surface area contributed by atoms with Crippen molar-refractivity contribution in [1.29, 1.82) is 0 Å². The lowest BCUT2D eigenvalue weighted by molar-refractivity contribution is -0.130. The number of carboxylic acids is 1. The quantitative estimate of drug-likeness (QED) is 0.608. The summed E-state index contributed by atoms with van der Waals surface area (Å²) in [4.78, 5) is 10.8. The van der Waals surface area contributed by atoms with Gasteiger partial charge in [-0.05, 0) is 17.7 Å². The van der Waals surface area contributed by atoms with Gasteiger partial charge in [0.25, 0.3) is 0 Å². The topological polar surface area (TPSA) is 63.3 Å². The monoisotopic (exact) mass is 231 g/mol. The predicted molar refractivity (Wildman–Crippen MR) is 57.1 cm³/mol. The second kappa shape index (κ2) is 4.35. The van der Waals surface area contributed by atoms with E-state index in [1.165, 1.54) is 0 Å². The van der Waals surface area contributed by atoms with Crippen molar-refractivity contribution in [3.63, 3.8) is 0 Å². The van der Waals surface area contributed by atoms with Gasteiger partial charge in [0.2, 0.25) is 0 Å². The lowest BCUT2D eigenvalue weighted by atomic mass is 10.1. The summed E-state index contributed by atoms with van der Waals surface area (Å²) < 4.78 is -0.276. The van der Waals surface area contributed by atoms with E-state index in [0.29, 0.717) is 11.3 Å². The maximum absolute atomic E-state index is 10.8. The number of hydrogen-bond donors (Lipinski definition) is 2. The summed E-state index contributed by atoms with van der Waals surface area (Å²) in [6, 6.07) is 6.25. The third kappa shape index (κ3) is 2.40. The lowest BCUT2D eigenvalue weighted by Crippen LogP contribution is -2.00. The molecule has 1 rings (SSSR count). The van der Waals surface area contributed by atoms with Crippen molar-refractivity contribution in [1.82, 2.24) is 0 Å². The van der Waals surface area contributed by atoms with Gasteiger partial charge in [-0.3, -0.25) is 0 Å². The molecule has 0 bridgehead atoms. The summed E-state index contributed by atoms with van der Waals surface area (Å²) in [7, 11) is 0. The average molecular weight is 232 g/mol. The smallest absolute Gasteiger partial charge is 0.338 e. The first-order valence-corrected chi connectivity index (χ1v) is 4.42. The molecule has 1 aromatic carbocycles. The fourth-order valence-electron chi connectivity index (χ4n) is 0.963. The first kappa shape index (κ1) is 10.9. The van der Waals surface area contributed by atoms with E-state index in [2.05, 4.69) is 0 Å². The maximum atomic E-state index is 10.8. The zero-order valence-corrected chi connectivity index (χ0v) is 8.51. The summed E-state index contributed by atoms with van der Waals surface area (Å²) >= 11 is 10.9. The van der Waals surface area contributed by atoms with Crippen LogP contribution in [0.4, 0.5) is 5.69 Å². The fourth-order valence-corrected chi connectivity index (χ4v) is 1.34. The van der Waals surface area contributed by atoms with Gasteiger partial charge in [-0.1, -0.05) is 35.3 Å². The van der Waals surface area contributed by atoms with E-state index in [4.69, 9.17) is 34.0 Å². The molecule has 3 N–H and O–H groups in total. The van der Waals surface area contributed by atoms with Gasteiger partial charge < -0.3 is 10.8 Å². The molecular weight excluding hydrogens is 225 g/mol. The molecule has 0 unspecified atom stereocenters. The number of rotatable bonds is 2. The summed E-state index contributed by atoms with van der Waals surface area (Å²) in [5.41, 5.74) is 6.29. The minimum absolute atomic E-state index is 0.131. The van der Waals surface area contributed by atoms with Crippen LogP contribution in [0.15, 0.2) is 28.8 Å². The number of anilines is 1. The van der Waals surface area contributed by atoms with Gasteiger partial charge in [-0.2, -0.15) is 0 Å². The number of halogens is 2. The molecule has 0 aliphatic rings. The molecule has 0 radical (unpaired) electrons. The van der Waals surface area contributed by atoms with Gasteiger partial charge in [0.1, 0.15) is 4.49 Å². The largest absolute Gasteiger partial charge is 0.478 e. The summed E-state index contributed by atoms with van der Waals surface area (Å²) in [6.07, 6.45) is 0.